The lowest BCUT2D eigenvalue weighted by molar-refractivity contribution is 0.611. The molecule has 1 aromatic carbocycles. The van der Waals surface area contributed by atoms with Crippen LogP contribution in [0.3, 0.4) is 0 Å². The van der Waals surface area contributed by atoms with Crippen molar-refractivity contribution in [1.29, 1.82) is 0 Å². The maximum absolute atomic E-state index is 13.4. The van der Waals surface area contributed by atoms with Crippen LogP contribution in [-0.4, -0.2) is 9.78 Å². The number of benzene rings is 1. The Hall–Kier alpha value is -1.35. The third kappa shape index (κ3) is 1.42. The van der Waals surface area contributed by atoms with E-state index in [1.807, 2.05) is 0 Å². The lowest BCUT2D eigenvalue weighted by Gasteiger charge is -2.03. The van der Waals surface area contributed by atoms with Crippen LogP contribution >= 0.6 is 11.6 Å². The third-order valence-electron chi connectivity index (χ3n) is 1.68. The van der Waals surface area contributed by atoms with E-state index in [-0.39, 0.29) is 5.02 Å². The van der Waals surface area contributed by atoms with Crippen molar-refractivity contribution in [3.8, 4) is 5.69 Å². The molecule has 0 fully saturated rings. The zero-order valence-corrected chi connectivity index (χ0v) is 7.37. The number of halogens is 2. The summed E-state index contributed by atoms with van der Waals surface area (Å²) in [5.41, 5.74) is 0.359. The standard InChI is InChI=1S/C9H6ClFN2/c10-7-3-1-4-8(9(7)11)13-6-2-5-12-13/h1-6H. The first-order valence-electron chi connectivity index (χ1n) is 3.73. The molecule has 13 heavy (non-hydrogen) atoms. The summed E-state index contributed by atoms with van der Waals surface area (Å²) in [6.45, 7) is 0. The first kappa shape index (κ1) is 8.26. The number of hydrogen-bond acceptors (Lipinski definition) is 1. The van der Waals surface area contributed by atoms with E-state index < -0.39 is 5.82 Å². The van der Waals surface area contributed by atoms with Gasteiger partial charge in [-0.3, -0.25) is 0 Å². The Bertz CT molecular complexity index is 412. The minimum atomic E-state index is -0.451. The van der Waals surface area contributed by atoms with Crippen LogP contribution < -0.4 is 0 Å². The summed E-state index contributed by atoms with van der Waals surface area (Å²) in [5, 5.41) is 4.01. The molecule has 0 saturated heterocycles. The van der Waals surface area contributed by atoms with Gasteiger partial charge in [-0.15, -0.1) is 0 Å². The Kier molecular flexibility index (Phi) is 2.02. The number of rotatable bonds is 1. The predicted molar refractivity (Wildman–Crippen MR) is 48.5 cm³/mol. The Balaban J connectivity index is 2.59. The molecule has 0 aliphatic carbocycles. The maximum Gasteiger partial charge on any atom is 0.167 e. The van der Waals surface area contributed by atoms with Gasteiger partial charge in [0, 0.05) is 12.4 Å². The van der Waals surface area contributed by atoms with Crippen molar-refractivity contribution in [2.24, 2.45) is 0 Å². The molecule has 1 aromatic heterocycles. The van der Waals surface area contributed by atoms with Crippen LogP contribution in [0.5, 0.6) is 0 Å². The fourth-order valence-electron chi connectivity index (χ4n) is 1.08. The van der Waals surface area contributed by atoms with Crippen molar-refractivity contribution in [2.75, 3.05) is 0 Å². The van der Waals surface area contributed by atoms with Crippen LogP contribution in [0.1, 0.15) is 0 Å². The van der Waals surface area contributed by atoms with Gasteiger partial charge in [0.25, 0.3) is 0 Å². The fourth-order valence-corrected chi connectivity index (χ4v) is 1.25. The fraction of sp³-hybridized carbons (Fsp3) is 0. The van der Waals surface area contributed by atoms with E-state index in [1.165, 1.54) is 10.7 Å². The van der Waals surface area contributed by atoms with Gasteiger partial charge < -0.3 is 0 Å². The third-order valence-corrected chi connectivity index (χ3v) is 1.97. The van der Waals surface area contributed by atoms with Gasteiger partial charge in [0.15, 0.2) is 5.82 Å². The van der Waals surface area contributed by atoms with Gasteiger partial charge in [0.05, 0.1) is 5.02 Å². The van der Waals surface area contributed by atoms with Crippen molar-refractivity contribution >= 4 is 11.6 Å². The number of hydrogen-bond donors (Lipinski definition) is 0. The molecule has 2 aromatic rings. The largest absolute Gasteiger partial charge is 0.238 e. The lowest BCUT2D eigenvalue weighted by atomic mass is 10.3. The second-order valence-electron chi connectivity index (χ2n) is 2.52. The van der Waals surface area contributed by atoms with Crippen molar-refractivity contribution in [3.05, 3.63) is 47.5 Å². The van der Waals surface area contributed by atoms with Gasteiger partial charge in [-0.25, -0.2) is 9.07 Å². The summed E-state index contributed by atoms with van der Waals surface area (Å²) in [6, 6.07) is 6.53. The zero-order chi connectivity index (χ0) is 9.26. The normalized spacial score (nSPS) is 10.3. The van der Waals surface area contributed by atoms with Crippen molar-refractivity contribution in [1.82, 2.24) is 9.78 Å². The SMILES string of the molecule is Fc1c(Cl)cccc1-n1cccn1. The Morgan fingerprint density at radius 2 is 2.15 bits per heavy atom. The van der Waals surface area contributed by atoms with Gasteiger partial charge in [-0.2, -0.15) is 5.10 Å². The maximum atomic E-state index is 13.4. The van der Waals surface area contributed by atoms with E-state index in [2.05, 4.69) is 5.10 Å². The van der Waals surface area contributed by atoms with Gasteiger partial charge in [-0.1, -0.05) is 17.7 Å². The summed E-state index contributed by atoms with van der Waals surface area (Å²) in [5.74, 6) is -0.451. The molecular formula is C9H6ClFN2. The first-order chi connectivity index (χ1) is 6.29. The second kappa shape index (κ2) is 3.18. The quantitative estimate of drug-likeness (QED) is 0.686. The van der Waals surface area contributed by atoms with E-state index in [1.54, 1.807) is 30.6 Å². The molecule has 0 bridgehead atoms. The van der Waals surface area contributed by atoms with Crippen LogP contribution in [0.4, 0.5) is 4.39 Å². The van der Waals surface area contributed by atoms with Crippen LogP contribution in [0.2, 0.25) is 5.02 Å². The molecule has 2 rings (SSSR count). The Morgan fingerprint density at radius 3 is 2.85 bits per heavy atom. The molecular weight excluding hydrogens is 191 g/mol. The van der Waals surface area contributed by atoms with E-state index >= 15 is 0 Å². The predicted octanol–water partition coefficient (Wildman–Crippen LogP) is 2.66. The highest BCUT2D eigenvalue weighted by molar-refractivity contribution is 6.30. The molecule has 0 radical (unpaired) electrons. The first-order valence-corrected chi connectivity index (χ1v) is 4.11. The van der Waals surface area contributed by atoms with E-state index in [9.17, 15) is 4.39 Å². The van der Waals surface area contributed by atoms with Gasteiger partial charge in [0.1, 0.15) is 5.69 Å². The molecule has 0 N–H and O–H groups in total. The highest BCUT2D eigenvalue weighted by Crippen LogP contribution is 2.20. The molecule has 0 aliphatic heterocycles. The Labute approximate surface area is 79.6 Å². The molecule has 4 heteroatoms. The highest BCUT2D eigenvalue weighted by atomic mass is 35.5. The van der Waals surface area contributed by atoms with Gasteiger partial charge in [-0.05, 0) is 18.2 Å². The topological polar surface area (TPSA) is 17.8 Å². The minimum absolute atomic E-state index is 0.105. The van der Waals surface area contributed by atoms with E-state index in [4.69, 9.17) is 11.6 Å². The second-order valence-corrected chi connectivity index (χ2v) is 2.93. The minimum Gasteiger partial charge on any atom is -0.238 e. The smallest absolute Gasteiger partial charge is 0.167 e. The molecule has 0 aliphatic rings. The van der Waals surface area contributed by atoms with Gasteiger partial charge >= 0.3 is 0 Å². The van der Waals surface area contributed by atoms with Crippen LogP contribution in [0.15, 0.2) is 36.7 Å². The summed E-state index contributed by atoms with van der Waals surface area (Å²) in [4.78, 5) is 0. The molecule has 0 saturated carbocycles. The average Bonchev–Trinajstić information content (AvgIpc) is 2.62. The monoisotopic (exact) mass is 196 g/mol. The molecule has 1 heterocycles. The van der Waals surface area contributed by atoms with E-state index in [0.717, 1.165) is 0 Å². The molecule has 66 valence electrons. The van der Waals surface area contributed by atoms with Gasteiger partial charge in [0.2, 0.25) is 0 Å². The lowest BCUT2D eigenvalue weighted by Crippen LogP contribution is -1.97. The van der Waals surface area contributed by atoms with Crippen LogP contribution in [-0.2, 0) is 0 Å². The molecule has 0 amide bonds. The van der Waals surface area contributed by atoms with Crippen molar-refractivity contribution in [2.45, 2.75) is 0 Å². The van der Waals surface area contributed by atoms with Crippen molar-refractivity contribution in [3.63, 3.8) is 0 Å². The zero-order valence-electron chi connectivity index (χ0n) is 6.61. The highest BCUT2D eigenvalue weighted by Gasteiger charge is 2.06. The average molecular weight is 197 g/mol. The van der Waals surface area contributed by atoms with Crippen molar-refractivity contribution < 1.29 is 4.39 Å². The summed E-state index contributed by atoms with van der Waals surface area (Å²) >= 11 is 5.61. The molecule has 0 spiro atoms. The summed E-state index contributed by atoms with van der Waals surface area (Å²) in [7, 11) is 0. The van der Waals surface area contributed by atoms with Crippen LogP contribution in [0.25, 0.3) is 5.69 Å². The van der Waals surface area contributed by atoms with Crippen LogP contribution in [0, 0.1) is 5.82 Å². The van der Waals surface area contributed by atoms with E-state index in [0.29, 0.717) is 5.69 Å². The molecule has 0 unspecified atom stereocenters. The number of nitrogens with zero attached hydrogens (tertiary/aromatic N) is 2. The Morgan fingerprint density at radius 1 is 1.31 bits per heavy atom. The summed E-state index contributed by atoms with van der Waals surface area (Å²) in [6.07, 6.45) is 3.25. The molecule has 2 nitrogen and oxygen atoms in total. The number of aromatic nitrogens is 2. The summed E-state index contributed by atoms with van der Waals surface area (Å²) < 4.78 is 14.8. The molecule has 0 atom stereocenters.